The topological polar surface area (TPSA) is 83.6 Å². The van der Waals surface area contributed by atoms with E-state index in [1.54, 1.807) is 0 Å². The van der Waals surface area contributed by atoms with Gasteiger partial charge in [-0.3, -0.25) is 4.79 Å². The van der Waals surface area contributed by atoms with Crippen molar-refractivity contribution in [2.75, 3.05) is 6.54 Å². The number of nitrogens with zero attached hydrogens (tertiary/aromatic N) is 1. The lowest BCUT2D eigenvalue weighted by Crippen LogP contribution is -2.57. The zero-order valence-corrected chi connectivity index (χ0v) is 10.6. The molecule has 2 atom stereocenters. The summed E-state index contributed by atoms with van der Waals surface area (Å²) < 4.78 is 0. The number of carbonyl (C=O) groups is 2. The van der Waals surface area contributed by atoms with Crippen molar-refractivity contribution in [1.29, 1.82) is 0 Å². The van der Waals surface area contributed by atoms with E-state index >= 15 is 0 Å². The second-order valence-corrected chi connectivity index (χ2v) is 4.69. The zero-order chi connectivity index (χ0) is 13.1. The summed E-state index contributed by atoms with van der Waals surface area (Å²) in [4.78, 5) is 25.1. The lowest BCUT2D eigenvalue weighted by molar-refractivity contribution is -0.157. The van der Waals surface area contributed by atoms with Gasteiger partial charge in [0.2, 0.25) is 5.91 Å². The molecule has 0 spiro atoms. The Morgan fingerprint density at radius 1 is 1.47 bits per heavy atom. The van der Waals surface area contributed by atoms with Gasteiger partial charge in [0.15, 0.2) is 0 Å². The Balaban J connectivity index is 2.96. The molecule has 98 valence electrons. The summed E-state index contributed by atoms with van der Waals surface area (Å²) in [6.45, 7) is 4.28. The van der Waals surface area contributed by atoms with Crippen molar-refractivity contribution in [2.45, 2.75) is 57.5 Å². The number of rotatable bonds is 5. The largest absolute Gasteiger partial charge is 0.479 e. The van der Waals surface area contributed by atoms with Crippen molar-refractivity contribution in [3.8, 4) is 0 Å². The van der Waals surface area contributed by atoms with Gasteiger partial charge < -0.3 is 15.7 Å². The van der Waals surface area contributed by atoms with Crippen molar-refractivity contribution < 1.29 is 14.7 Å². The second-order valence-electron chi connectivity index (χ2n) is 4.69. The number of carboxylic acids is 1. The van der Waals surface area contributed by atoms with Crippen LogP contribution in [0.4, 0.5) is 0 Å². The molecule has 1 amide bonds. The summed E-state index contributed by atoms with van der Waals surface area (Å²) in [5.41, 5.74) is 4.71. The molecule has 0 bridgehead atoms. The van der Waals surface area contributed by atoms with Gasteiger partial charge in [-0.05, 0) is 25.7 Å². The lowest BCUT2D eigenvalue weighted by atomic mass is 9.90. The second kappa shape index (κ2) is 5.49. The van der Waals surface area contributed by atoms with Gasteiger partial charge in [0.25, 0.3) is 0 Å². The van der Waals surface area contributed by atoms with Crippen LogP contribution in [0.2, 0.25) is 0 Å². The molecule has 17 heavy (non-hydrogen) atoms. The van der Waals surface area contributed by atoms with Crippen molar-refractivity contribution in [1.82, 2.24) is 4.90 Å². The summed E-state index contributed by atoms with van der Waals surface area (Å²) in [6.07, 6.45) is 3.08. The third-order valence-electron chi connectivity index (χ3n) is 3.57. The molecule has 1 heterocycles. The zero-order valence-electron chi connectivity index (χ0n) is 10.6. The van der Waals surface area contributed by atoms with E-state index in [4.69, 9.17) is 5.73 Å². The van der Waals surface area contributed by atoms with E-state index in [2.05, 4.69) is 0 Å². The first-order chi connectivity index (χ1) is 7.99. The van der Waals surface area contributed by atoms with Crippen LogP contribution in [0.15, 0.2) is 0 Å². The fraction of sp³-hybridized carbons (Fsp3) is 0.833. The molecule has 3 N–H and O–H groups in total. The maximum atomic E-state index is 12.1. The molecule has 0 saturated carbocycles. The molecule has 1 aliphatic rings. The summed E-state index contributed by atoms with van der Waals surface area (Å²) in [7, 11) is 0. The van der Waals surface area contributed by atoms with Crippen molar-refractivity contribution in [3.05, 3.63) is 0 Å². The number of hydrogen-bond acceptors (Lipinski definition) is 3. The number of hydrogen-bond donors (Lipinski definition) is 2. The predicted octanol–water partition coefficient (Wildman–Crippen LogP) is 0.970. The Bertz CT molecular complexity index is 306. The minimum atomic E-state index is -1.02. The Kier molecular flexibility index (Phi) is 4.51. The van der Waals surface area contributed by atoms with Crippen LogP contribution in [0.25, 0.3) is 0 Å². The van der Waals surface area contributed by atoms with Crippen LogP contribution >= 0.6 is 0 Å². The Hall–Kier alpha value is -1.10. The van der Waals surface area contributed by atoms with Crippen molar-refractivity contribution >= 4 is 11.9 Å². The van der Waals surface area contributed by atoms with Gasteiger partial charge in [-0.15, -0.1) is 0 Å². The van der Waals surface area contributed by atoms with Crippen molar-refractivity contribution in [2.24, 2.45) is 5.73 Å². The highest BCUT2D eigenvalue weighted by Crippen LogP contribution is 2.34. The predicted molar refractivity (Wildman–Crippen MR) is 64.5 cm³/mol. The lowest BCUT2D eigenvalue weighted by Gasteiger charge is -2.36. The quantitative estimate of drug-likeness (QED) is 0.752. The molecule has 1 aliphatic heterocycles. The van der Waals surface area contributed by atoms with E-state index in [1.165, 1.54) is 4.90 Å². The number of nitrogens with two attached hydrogens (primary N) is 1. The number of amides is 1. The summed E-state index contributed by atoms with van der Waals surface area (Å²) in [5, 5.41) is 9.43. The highest BCUT2D eigenvalue weighted by molar-refractivity contribution is 5.90. The number of likely N-dealkylation sites (tertiary alicyclic amines) is 1. The van der Waals surface area contributed by atoms with Gasteiger partial charge >= 0.3 is 5.97 Å². The van der Waals surface area contributed by atoms with Gasteiger partial charge in [-0.2, -0.15) is 0 Å². The van der Waals surface area contributed by atoms with E-state index in [-0.39, 0.29) is 5.91 Å². The van der Waals surface area contributed by atoms with Gasteiger partial charge in [0.05, 0.1) is 6.04 Å². The van der Waals surface area contributed by atoms with E-state index in [1.807, 2.05) is 13.8 Å². The highest BCUT2D eigenvalue weighted by atomic mass is 16.4. The maximum Gasteiger partial charge on any atom is 0.329 e. The number of carboxylic acid groups (broad SMARTS) is 1. The molecule has 0 aromatic carbocycles. The molecule has 0 aromatic rings. The van der Waals surface area contributed by atoms with Gasteiger partial charge in [0, 0.05) is 6.54 Å². The molecule has 2 unspecified atom stereocenters. The van der Waals surface area contributed by atoms with Gasteiger partial charge in [0.1, 0.15) is 5.54 Å². The van der Waals surface area contributed by atoms with E-state index in [0.717, 1.165) is 12.8 Å². The third-order valence-corrected chi connectivity index (χ3v) is 3.57. The first-order valence-electron chi connectivity index (χ1n) is 6.30. The molecule has 1 rings (SSSR count). The molecule has 0 aliphatic carbocycles. The van der Waals surface area contributed by atoms with Crippen LogP contribution in [0.5, 0.6) is 0 Å². The average Bonchev–Trinajstić information content (AvgIpc) is 2.72. The van der Waals surface area contributed by atoms with Crippen molar-refractivity contribution in [3.63, 3.8) is 0 Å². The van der Waals surface area contributed by atoms with E-state index in [0.29, 0.717) is 25.8 Å². The maximum absolute atomic E-state index is 12.1. The molecule has 5 nitrogen and oxygen atoms in total. The van der Waals surface area contributed by atoms with Crippen LogP contribution < -0.4 is 5.73 Å². The third kappa shape index (κ3) is 2.44. The Morgan fingerprint density at radius 2 is 2.12 bits per heavy atom. The van der Waals surface area contributed by atoms with Crippen LogP contribution in [0, 0.1) is 0 Å². The summed E-state index contributed by atoms with van der Waals surface area (Å²) in [6, 6.07) is -0.580. The molecule has 1 fully saturated rings. The summed E-state index contributed by atoms with van der Waals surface area (Å²) >= 11 is 0. The Labute approximate surface area is 102 Å². The van der Waals surface area contributed by atoms with Crippen LogP contribution in [-0.2, 0) is 9.59 Å². The highest BCUT2D eigenvalue weighted by Gasteiger charge is 2.49. The van der Waals surface area contributed by atoms with Gasteiger partial charge in [-0.1, -0.05) is 20.3 Å². The SMILES string of the molecule is CCCC1(C(=O)O)CCCN1C(=O)C(N)CC. The molecular weight excluding hydrogens is 220 g/mol. The minimum Gasteiger partial charge on any atom is -0.479 e. The average molecular weight is 242 g/mol. The summed E-state index contributed by atoms with van der Waals surface area (Å²) in [5.74, 6) is -1.12. The standard InChI is InChI=1S/C12H22N2O3/c1-3-6-12(11(16)17)7-5-8-14(12)10(15)9(13)4-2/h9H,3-8,13H2,1-2H3,(H,16,17). The van der Waals surface area contributed by atoms with Gasteiger partial charge in [-0.25, -0.2) is 4.79 Å². The molecular formula is C12H22N2O3. The minimum absolute atomic E-state index is 0.221. The first-order valence-corrected chi connectivity index (χ1v) is 6.30. The Morgan fingerprint density at radius 3 is 2.59 bits per heavy atom. The molecule has 1 saturated heterocycles. The monoisotopic (exact) mass is 242 g/mol. The fourth-order valence-corrected chi connectivity index (χ4v) is 2.58. The van der Waals surface area contributed by atoms with E-state index in [9.17, 15) is 14.7 Å². The van der Waals surface area contributed by atoms with Crippen LogP contribution in [0.1, 0.15) is 46.0 Å². The first kappa shape index (κ1) is 14.0. The molecule has 5 heteroatoms. The normalized spacial score (nSPS) is 25.9. The van der Waals surface area contributed by atoms with Crippen LogP contribution in [0.3, 0.4) is 0 Å². The molecule has 0 radical (unpaired) electrons. The number of aliphatic carboxylic acids is 1. The smallest absolute Gasteiger partial charge is 0.329 e. The van der Waals surface area contributed by atoms with Crippen LogP contribution in [-0.4, -0.2) is 40.0 Å². The number of carbonyl (C=O) groups excluding carboxylic acids is 1. The molecule has 0 aromatic heterocycles. The fourth-order valence-electron chi connectivity index (χ4n) is 2.58. The van der Waals surface area contributed by atoms with E-state index < -0.39 is 17.6 Å².